The smallest absolute Gasteiger partial charge is 0.165 e. The van der Waals surface area contributed by atoms with Crippen molar-refractivity contribution >= 4 is 152 Å². The van der Waals surface area contributed by atoms with E-state index >= 15 is 0 Å². The van der Waals surface area contributed by atoms with E-state index in [1.807, 2.05) is 0 Å². The Morgan fingerprint density at radius 3 is 0.928 bits per heavy atom. The van der Waals surface area contributed by atoms with E-state index in [1.54, 1.807) is 0 Å². The van der Waals surface area contributed by atoms with Crippen LogP contribution in [0.1, 0.15) is 0 Å². The molecule has 576 valence electrons. The van der Waals surface area contributed by atoms with Gasteiger partial charge >= 0.3 is 0 Å². The maximum atomic E-state index is 5.52. The molecule has 3 aliphatic carbocycles. The van der Waals surface area contributed by atoms with Gasteiger partial charge in [-0.2, -0.15) is 0 Å². The van der Waals surface area contributed by atoms with Gasteiger partial charge in [0.1, 0.15) is 17.2 Å². The first kappa shape index (κ1) is 69.0. The molecule has 0 amide bonds. The molecule has 3 aliphatic rings. The Kier molecular flexibility index (Phi) is 14.8. The third kappa shape index (κ3) is 10.1. The van der Waals surface area contributed by atoms with Crippen molar-refractivity contribution in [1.29, 1.82) is 0 Å². The molecule has 26 aromatic rings. The van der Waals surface area contributed by atoms with E-state index in [0.29, 0.717) is 0 Å². The van der Waals surface area contributed by atoms with Gasteiger partial charge in [-0.25, -0.2) is 24.9 Å². The minimum Gasteiger partial charge on any atom is -0.294 e. The number of hydrogen-bond donors (Lipinski definition) is 0. The second kappa shape index (κ2) is 26.8. The van der Waals surface area contributed by atoms with Crippen molar-refractivity contribution in [2.75, 3.05) is 0 Å². The Morgan fingerprint density at radius 2 is 0.472 bits per heavy atom. The second-order valence-corrected chi connectivity index (χ2v) is 33.1. The molecule has 0 aliphatic heterocycles. The van der Waals surface area contributed by atoms with Gasteiger partial charge in [-0.15, -0.1) is 0 Å². The molecule has 0 bridgehead atoms. The summed E-state index contributed by atoms with van der Waals surface area (Å²) in [4.78, 5) is 27.0. The Morgan fingerprint density at radius 1 is 0.160 bits per heavy atom. The van der Waals surface area contributed by atoms with Crippen LogP contribution in [0.5, 0.6) is 0 Å². The summed E-state index contributed by atoms with van der Waals surface area (Å²) in [6.07, 6.45) is 0. The van der Waals surface area contributed by atoms with Gasteiger partial charge in [-0.1, -0.05) is 352 Å². The van der Waals surface area contributed by atoms with Crippen LogP contribution in [-0.4, -0.2) is 38.6 Å². The van der Waals surface area contributed by atoms with E-state index in [4.69, 9.17) is 24.9 Å². The Bertz CT molecular complexity index is 9180. The van der Waals surface area contributed by atoms with Gasteiger partial charge in [0.05, 0.1) is 60.7 Å². The summed E-state index contributed by atoms with van der Waals surface area (Å²) in [5, 5.41) is 21.0. The van der Waals surface area contributed by atoms with Gasteiger partial charge in [0.25, 0.3) is 0 Å². The number of pyridine rings is 1. The van der Waals surface area contributed by atoms with Crippen molar-refractivity contribution in [2.24, 2.45) is 0 Å². The molecule has 29 rings (SSSR count). The van der Waals surface area contributed by atoms with Crippen LogP contribution in [0.15, 0.2) is 413 Å². The largest absolute Gasteiger partial charge is 0.294 e. The molecule has 0 radical (unpaired) electrons. The first-order valence-electron chi connectivity index (χ1n) is 42.8. The molecule has 0 fully saturated rings. The molecular formula is C117H68N8. The Hall–Kier alpha value is -16.8. The van der Waals surface area contributed by atoms with Gasteiger partial charge in [-0.3, -0.25) is 13.7 Å². The number of hydrogen-bond acceptors (Lipinski definition) is 5. The van der Waals surface area contributed by atoms with E-state index in [2.05, 4.69) is 426 Å². The molecular weight excluding hydrogens is 1520 g/mol. The quantitative estimate of drug-likeness (QED) is 0.155. The predicted molar refractivity (Wildman–Crippen MR) is 521 cm³/mol. The standard InChI is InChI=1S/2C40H23N3.C37H22N2/c1-2-11-26(12-3-1)38-40(41-32-22-20-24-10-4-5-14-27(24)39(32)42-38)43-33-19-9-18-31-29-16-7-6-15-28(29)30-17-8-13-25-21-23-34(43)37(35(25)30)36(31)33;1-2-11-26(12-3-1)38-40(42-39-27-14-5-4-10-24(27)20-22-32(39)41-38)43-33-19-9-18-31-29-16-7-6-15-28(29)30-17-8-13-25-21-23-34(43)37(35(25)30)36(31)33;1-2-10-23(11-3-1)30-22-34(38-31-18-7-6-15-27(30)31)39-32-19-9-17-29-26-14-5-4-13-25(26)28-16-8-12-24-20-21-33(39)37(35(24)28)36(29)32/h2*1-23H;1-22H. The van der Waals surface area contributed by atoms with Crippen molar-refractivity contribution in [3.63, 3.8) is 0 Å². The Balaban J connectivity index is 0.0000000979. The minimum atomic E-state index is 0.844. The summed E-state index contributed by atoms with van der Waals surface area (Å²) in [5.41, 5.74) is 33.0. The number of fused-ring (bicyclic) bond motifs is 16. The fourth-order valence-electron chi connectivity index (χ4n) is 21.3. The fraction of sp³-hybridized carbons (Fsp3) is 0. The zero-order valence-corrected chi connectivity index (χ0v) is 67.3. The Labute approximate surface area is 716 Å². The number of rotatable bonds is 6. The molecule has 0 N–H and O–H groups in total. The first-order valence-corrected chi connectivity index (χ1v) is 42.8. The average molecular weight is 1590 g/mol. The monoisotopic (exact) mass is 1580 g/mol. The molecule has 125 heavy (non-hydrogen) atoms. The third-order valence-corrected chi connectivity index (χ3v) is 26.5. The number of nitrogens with zero attached hydrogens (tertiary/aromatic N) is 8. The number of aromatic nitrogens is 8. The highest BCUT2D eigenvalue weighted by atomic mass is 15.1. The fourth-order valence-corrected chi connectivity index (χ4v) is 21.3. The van der Waals surface area contributed by atoms with Crippen molar-refractivity contribution in [3.8, 4) is 118 Å². The van der Waals surface area contributed by atoms with Gasteiger partial charge in [0.15, 0.2) is 11.6 Å². The summed E-state index contributed by atoms with van der Waals surface area (Å²) >= 11 is 0. The summed E-state index contributed by atoms with van der Waals surface area (Å²) in [6.45, 7) is 0. The molecule has 0 spiro atoms. The second-order valence-electron chi connectivity index (χ2n) is 33.1. The first-order chi connectivity index (χ1) is 62.1. The minimum absolute atomic E-state index is 0.844. The lowest BCUT2D eigenvalue weighted by Gasteiger charge is -2.16. The van der Waals surface area contributed by atoms with Crippen molar-refractivity contribution < 1.29 is 0 Å². The van der Waals surface area contributed by atoms with Gasteiger partial charge in [0, 0.05) is 59.6 Å². The van der Waals surface area contributed by atoms with Crippen LogP contribution < -0.4 is 0 Å². The van der Waals surface area contributed by atoms with Crippen molar-refractivity contribution in [2.45, 2.75) is 0 Å². The zero-order valence-electron chi connectivity index (χ0n) is 67.3. The van der Waals surface area contributed by atoms with Crippen LogP contribution in [0, 0.1) is 0 Å². The van der Waals surface area contributed by atoms with E-state index in [0.717, 1.165) is 117 Å². The molecule has 0 saturated carbocycles. The van der Waals surface area contributed by atoms with E-state index in [9.17, 15) is 0 Å². The van der Waals surface area contributed by atoms with E-state index in [-0.39, 0.29) is 0 Å². The molecule has 8 heteroatoms. The maximum Gasteiger partial charge on any atom is 0.165 e. The lowest BCUT2D eigenvalue weighted by molar-refractivity contribution is 1.08. The maximum absolute atomic E-state index is 5.52. The van der Waals surface area contributed by atoms with Crippen LogP contribution in [0.3, 0.4) is 0 Å². The summed E-state index contributed by atoms with van der Waals surface area (Å²) in [5.74, 6) is 2.63. The van der Waals surface area contributed by atoms with E-state index < -0.39 is 0 Å². The summed E-state index contributed by atoms with van der Waals surface area (Å²) in [7, 11) is 0. The molecule has 0 unspecified atom stereocenters. The van der Waals surface area contributed by atoms with E-state index in [1.165, 1.54) is 154 Å². The zero-order chi connectivity index (χ0) is 81.6. The average Bonchev–Trinajstić information content (AvgIpc) is 1.55. The topological polar surface area (TPSA) is 79.2 Å². The normalized spacial score (nSPS) is 12.2. The number of benzene rings is 20. The third-order valence-electron chi connectivity index (χ3n) is 26.5. The molecule has 6 aromatic heterocycles. The van der Waals surface area contributed by atoms with Crippen molar-refractivity contribution in [3.05, 3.63) is 413 Å². The lowest BCUT2D eigenvalue weighted by atomic mass is 9.93. The lowest BCUT2D eigenvalue weighted by Crippen LogP contribution is -2.04. The van der Waals surface area contributed by atoms with Gasteiger partial charge in [-0.05, 0) is 182 Å². The highest BCUT2D eigenvalue weighted by molar-refractivity contribution is 6.34. The molecule has 0 atom stereocenters. The number of para-hydroxylation sites is 1. The highest BCUT2D eigenvalue weighted by Crippen LogP contribution is 2.55. The summed E-state index contributed by atoms with van der Waals surface area (Å²) in [6, 6.07) is 148. The van der Waals surface area contributed by atoms with Gasteiger partial charge in [0.2, 0.25) is 0 Å². The molecule has 0 saturated heterocycles. The van der Waals surface area contributed by atoms with Crippen LogP contribution in [-0.2, 0) is 0 Å². The molecule has 20 aromatic carbocycles. The highest BCUT2D eigenvalue weighted by Gasteiger charge is 2.32. The van der Waals surface area contributed by atoms with Crippen molar-refractivity contribution in [1.82, 2.24) is 38.6 Å². The predicted octanol–water partition coefficient (Wildman–Crippen LogP) is 30.5. The van der Waals surface area contributed by atoms with Crippen LogP contribution >= 0.6 is 0 Å². The summed E-state index contributed by atoms with van der Waals surface area (Å²) < 4.78 is 7.08. The SMILES string of the molecule is c1ccc(-c2cc(-n3c4cccc5c4c4c6c(cccc6ccc43)-c3ccccc3-5)nc3ccccc23)cc1.c1ccc(-c2nc3c(ccc4ccccc43)nc2-n2c3cccc4c3c3c5c(cccc5ccc32)-c2ccccc2-4)cc1.c1ccc(-c2nc3ccc4ccccc4c3nc2-n2c3cccc4c3c3c5c(cccc5ccc32)-c2ccccc2-4)cc1. The molecule has 8 nitrogen and oxygen atoms in total. The van der Waals surface area contributed by atoms with Crippen LogP contribution in [0.4, 0.5) is 0 Å². The van der Waals surface area contributed by atoms with Crippen LogP contribution in [0.25, 0.3) is 270 Å². The van der Waals surface area contributed by atoms with Crippen LogP contribution in [0.2, 0.25) is 0 Å². The molecule has 6 heterocycles. The van der Waals surface area contributed by atoms with Gasteiger partial charge < -0.3 is 0 Å².